The third-order valence-corrected chi connectivity index (χ3v) is 3.10. The highest BCUT2D eigenvalue weighted by Crippen LogP contribution is 2.32. The average Bonchev–Trinajstić information content (AvgIpc) is 2.59. The van der Waals surface area contributed by atoms with Crippen LogP contribution in [0.4, 0.5) is 0 Å². The fraction of sp³-hybridized carbons (Fsp3) is 0.0833. The van der Waals surface area contributed by atoms with Crippen LogP contribution in [-0.2, 0) is 11.3 Å². The minimum Gasteiger partial charge on any atom is -0.304 e. The van der Waals surface area contributed by atoms with Gasteiger partial charge in [0.1, 0.15) is 0 Å². The van der Waals surface area contributed by atoms with Crippen LogP contribution in [-0.4, -0.2) is 10.8 Å². The first-order valence-electron chi connectivity index (χ1n) is 4.74. The molecule has 0 unspecified atom stereocenters. The zero-order valence-electron chi connectivity index (χ0n) is 7.90. The lowest BCUT2D eigenvalue weighted by Gasteiger charge is -2.24. The smallest absolute Gasteiger partial charge is 0.251 e. The number of benzene rings is 1. The monoisotopic (exact) mass is 217 g/mol. The molecule has 0 saturated carbocycles. The molecule has 0 saturated heterocycles. The normalized spacial score (nSPS) is 17.5. The van der Waals surface area contributed by atoms with Crippen molar-refractivity contribution in [2.24, 2.45) is 0 Å². The zero-order chi connectivity index (χ0) is 10.4. The molecule has 74 valence electrons. The van der Waals surface area contributed by atoms with Crippen molar-refractivity contribution in [1.82, 2.24) is 4.90 Å². The van der Waals surface area contributed by atoms with E-state index in [1.165, 1.54) is 0 Å². The molecule has 1 aromatic rings. The van der Waals surface area contributed by atoms with Crippen molar-refractivity contribution in [2.45, 2.75) is 6.54 Å². The van der Waals surface area contributed by atoms with Gasteiger partial charge in [-0.1, -0.05) is 23.7 Å². The Bertz CT molecular complexity index is 516. The number of allylic oxidation sites excluding steroid dienone is 1. The Kier molecular flexibility index (Phi) is 1.73. The fourth-order valence-corrected chi connectivity index (χ4v) is 2.20. The Balaban J connectivity index is 2.18. The average molecular weight is 218 g/mol. The third kappa shape index (κ3) is 1.22. The number of hydrogen-bond donors (Lipinski definition) is 0. The number of amides is 1. The fourth-order valence-electron chi connectivity index (χ4n) is 1.95. The number of rotatable bonds is 0. The first-order chi connectivity index (χ1) is 7.25. The van der Waals surface area contributed by atoms with Gasteiger partial charge in [-0.2, -0.15) is 0 Å². The molecule has 1 amide bonds. The van der Waals surface area contributed by atoms with Crippen LogP contribution in [0.3, 0.4) is 0 Å². The number of carbonyl (C=O) groups is 1. The van der Waals surface area contributed by atoms with Gasteiger partial charge in [-0.05, 0) is 29.3 Å². The summed E-state index contributed by atoms with van der Waals surface area (Å²) < 4.78 is 0. The summed E-state index contributed by atoms with van der Waals surface area (Å²) in [5, 5.41) is 0.725. The molecule has 3 rings (SSSR count). The minimum atomic E-state index is 0.0341. The van der Waals surface area contributed by atoms with Gasteiger partial charge in [0.25, 0.3) is 5.91 Å². The van der Waals surface area contributed by atoms with Crippen molar-refractivity contribution < 1.29 is 4.79 Å². The molecule has 0 aliphatic carbocycles. The van der Waals surface area contributed by atoms with Gasteiger partial charge in [-0.3, -0.25) is 4.79 Å². The molecule has 3 heteroatoms. The van der Waals surface area contributed by atoms with Crippen LogP contribution in [0.5, 0.6) is 0 Å². The highest BCUT2D eigenvalue weighted by Gasteiger charge is 2.25. The Morgan fingerprint density at radius 1 is 1.27 bits per heavy atom. The number of hydrogen-bond acceptors (Lipinski definition) is 1. The standard InChI is InChI=1S/C12H8ClNO/c13-11-3-1-2-8-6-9-4-5-12(15)14(9)7-10(8)11/h1-6H,7H2. The summed E-state index contributed by atoms with van der Waals surface area (Å²) in [5.74, 6) is 0.0341. The van der Waals surface area contributed by atoms with Crippen LogP contribution in [0, 0.1) is 0 Å². The summed E-state index contributed by atoms with van der Waals surface area (Å²) in [6.07, 6.45) is 5.42. The molecule has 0 bridgehead atoms. The minimum absolute atomic E-state index is 0.0341. The molecular weight excluding hydrogens is 210 g/mol. The summed E-state index contributed by atoms with van der Waals surface area (Å²) in [7, 11) is 0. The Hall–Kier alpha value is -1.54. The molecule has 0 N–H and O–H groups in total. The van der Waals surface area contributed by atoms with Crippen LogP contribution in [0.15, 0.2) is 36.0 Å². The second-order valence-electron chi connectivity index (χ2n) is 3.63. The van der Waals surface area contributed by atoms with Gasteiger partial charge in [0.05, 0.1) is 6.54 Å². The first kappa shape index (κ1) is 8.74. The Morgan fingerprint density at radius 2 is 2.13 bits per heavy atom. The van der Waals surface area contributed by atoms with Gasteiger partial charge >= 0.3 is 0 Å². The third-order valence-electron chi connectivity index (χ3n) is 2.75. The molecule has 2 aliphatic heterocycles. The maximum absolute atomic E-state index is 11.5. The quantitative estimate of drug-likeness (QED) is 0.654. The maximum Gasteiger partial charge on any atom is 0.251 e. The van der Waals surface area contributed by atoms with Gasteiger partial charge in [-0.25, -0.2) is 0 Å². The van der Waals surface area contributed by atoms with Crippen LogP contribution >= 0.6 is 11.6 Å². The number of carbonyl (C=O) groups excluding carboxylic acids is 1. The molecule has 0 spiro atoms. The van der Waals surface area contributed by atoms with E-state index in [1.54, 1.807) is 11.0 Å². The summed E-state index contributed by atoms with van der Waals surface area (Å²) >= 11 is 6.09. The van der Waals surface area contributed by atoms with Gasteiger partial charge in [-0.15, -0.1) is 0 Å². The molecule has 15 heavy (non-hydrogen) atoms. The highest BCUT2D eigenvalue weighted by atomic mass is 35.5. The van der Waals surface area contributed by atoms with E-state index in [9.17, 15) is 4.79 Å². The van der Waals surface area contributed by atoms with Crippen molar-refractivity contribution in [2.75, 3.05) is 0 Å². The summed E-state index contributed by atoms with van der Waals surface area (Å²) in [5.41, 5.74) is 3.09. The van der Waals surface area contributed by atoms with E-state index in [0.29, 0.717) is 6.54 Å². The summed E-state index contributed by atoms with van der Waals surface area (Å²) in [6.45, 7) is 0.576. The molecule has 0 aromatic heterocycles. The lowest BCUT2D eigenvalue weighted by Crippen LogP contribution is -2.26. The van der Waals surface area contributed by atoms with E-state index in [4.69, 9.17) is 11.6 Å². The topological polar surface area (TPSA) is 20.3 Å². The molecule has 2 nitrogen and oxygen atoms in total. The van der Waals surface area contributed by atoms with Gasteiger partial charge in [0.2, 0.25) is 0 Å². The van der Waals surface area contributed by atoms with E-state index in [2.05, 4.69) is 0 Å². The van der Waals surface area contributed by atoms with Crippen LogP contribution in [0.2, 0.25) is 5.02 Å². The van der Waals surface area contributed by atoms with Gasteiger partial charge < -0.3 is 4.90 Å². The zero-order valence-corrected chi connectivity index (χ0v) is 8.66. The molecule has 0 atom stereocenters. The van der Waals surface area contributed by atoms with E-state index in [1.807, 2.05) is 30.4 Å². The SMILES string of the molecule is O=C1C=CC2=Cc3cccc(Cl)c3CN12. The molecule has 1 aromatic carbocycles. The Morgan fingerprint density at radius 3 is 3.00 bits per heavy atom. The van der Waals surface area contributed by atoms with Gasteiger partial charge in [0, 0.05) is 16.8 Å². The molecule has 2 aliphatic rings. The van der Waals surface area contributed by atoms with Crippen LogP contribution < -0.4 is 0 Å². The predicted molar refractivity (Wildman–Crippen MR) is 59.1 cm³/mol. The van der Waals surface area contributed by atoms with Crippen molar-refractivity contribution >= 4 is 23.6 Å². The molecular formula is C12H8ClNO. The van der Waals surface area contributed by atoms with Crippen molar-refractivity contribution in [3.63, 3.8) is 0 Å². The molecule has 0 radical (unpaired) electrons. The second kappa shape index (κ2) is 2.97. The lowest BCUT2D eigenvalue weighted by molar-refractivity contribution is -0.123. The summed E-state index contributed by atoms with van der Waals surface area (Å²) in [6, 6.07) is 5.80. The predicted octanol–water partition coefficient (Wildman–Crippen LogP) is 2.59. The number of nitrogens with zero attached hydrogens (tertiary/aromatic N) is 1. The van der Waals surface area contributed by atoms with E-state index in [0.717, 1.165) is 21.8 Å². The van der Waals surface area contributed by atoms with Crippen molar-refractivity contribution in [3.8, 4) is 0 Å². The largest absolute Gasteiger partial charge is 0.304 e. The van der Waals surface area contributed by atoms with E-state index in [-0.39, 0.29) is 5.91 Å². The number of fused-ring (bicyclic) bond motifs is 2. The highest BCUT2D eigenvalue weighted by molar-refractivity contribution is 6.31. The molecule has 0 fully saturated rings. The summed E-state index contributed by atoms with van der Waals surface area (Å²) in [4.78, 5) is 13.2. The van der Waals surface area contributed by atoms with Crippen molar-refractivity contribution in [1.29, 1.82) is 0 Å². The maximum atomic E-state index is 11.5. The van der Waals surface area contributed by atoms with Crippen LogP contribution in [0.1, 0.15) is 11.1 Å². The first-order valence-corrected chi connectivity index (χ1v) is 5.12. The number of halogens is 1. The Labute approximate surface area is 92.5 Å². The van der Waals surface area contributed by atoms with Crippen molar-refractivity contribution in [3.05, 3.63) is 52.2 Å². The molecule has 2 heterocycles. The van der Waals surface area contributed by atoms with E-state index >= 15 is 0 Å². The lowest BCUT2D eigenvalue weighted by atomic mass is 10.0. The second-order valence-corrected chi connectivity index (χ2v) is 4.04. The van der Waals surface area contributed by atoms with E-state index < -0.39 is 0 Å². The van der Waals surface area contributed by atoms with Gasteiger partial charge in [0.15, 0.2) is 0 Å². The van der Waals surface area contributed by atoms with Crippen LogP contribution in [0.25, 0.3) is 6.08 Å².